The van der Waals surface area contributed by atoms with Crippen molar-refractivity contribution >= 4 is 11.4 Å². The van der Waals surface area contributed by atoms with Crippen molar-refractivity contribution in [3.63, 3.8) is 0 Å². The van der Waals surface area contributed by atoms with Crippen LogP contribution in [0.1, 0.15) is 0 Å². The molecule has 1 atom stereocenters. The largest absolute Gasteiger partial charge is 0.399 e. The van der Waals surface area contributed by atoms with E-state index in [1.54, 1.807) is 7.11 Å². The number of anilines is 2. The summed E-state index contributed by atoms with van der Waals surface area (Å²) in [6.45, 7) is 0.513. The van der Waals surface area contributed by atoms with E-state index < -0.39 is 0 Å². The minimum absolute atomic E-state index is 0.0399. The molecule has 14 heavy (non-hydrogen) atoms. The van der Waals surface area contributed by atoms with Gasteiger partial charge in [-0.3, -0.25) is 0 Å². The Morgan fingerprint density at radius 3 is 2.57 bits per heavy atom. The first kappa shape index (κ1) is 10.8. The van der Waals surface area contributed by atoms with Gasteiger partial charge in [0, 0.05) is 18.5 Å². The number of methoxy groups -OCH3 is 1. The standard InChI is InChI=1S/C10H16N2O2/c1-14-7-10(6-13)12-9-4-2-8(11)3-5-9/h2-5,10,12-13H,6-7,11H2,1H3. The molecule has 0 aliphatic carbocycles. The van der Waals surface area contributed by atoms with Crippen LogP contribution in [0.5, 0.6) is 0 Å². The van der Waals surface area contributed by atoms with Gasteiger partial charge in [-0.05, 0) is 24.3 Å². The highest BCUT2D eigenvalue weighted by Gasteiger charge is 2.05. The average molecular weight is 196 g/mol. The predicted octanol–water partition coefficient (Wildman–Crippen LogP) is 0.688. The summed E-state index contributed by atoms with van der Waals surface area (Å²) >= 11 is 0. The lowest BCUT2D eigenvalue weighted by Gasteiger charge is -2.16. The summed E-state index contributed by atoms with van der Waals surface area (Å²) in [6.07, 6.45) is 0. The first-order valence-corrected chi connectivity index (χ1v) is 4.48. The highest BCUT2D eigenvalue weighted by atomic mass is 16.5. The molecule has 0 aliphatic heterocycles. The van der Waals surface area contributed by atoms with E-state index in [-0.39, 0.29) is 12.6 Å². The number of nitrogen functional groups attached to an aromatic ring is 1. The van der Waals surface area contributed by atoms with Crippen LogP contribution in [-0.2, 0) is 4.74 Å². The van der Waals surface area contributed by atoms with Crippen LogP contribution >= 0.6 is 0 Å². The van der Waals surface area contributed by atoms with E-state index in [9.17, 15) is 0 Å². The summed E-state index contributed by atoms with van der Waals surface area (Å²) < 4.78 is 4.94. The van der Waals surface area contributed by atoms with Gasteiger partial charge in [0.05, 0.1) is 19.3 Å². The number of hydrogen-bond acceptors (Lipinski definition) is 4. The number of nitrogens with one attached hydrogen (secondary N) is 1. The Hall–Kier alpha value is -1.26. The van der Waals surface area contributed by atoms with Crippen molar-refractivity contribution in [2.75, 3.05) is 31.4 Å². The van der Waals surface area contributed by atoms with Gasteiger partial charge in [0.15, 0.2) is 0 Å². The number of aliphatic hydroxyl groups is 1. The molecule has 1 aromatic rings. The molecule has 1 aromatic carbocycles. The van der Waals surface area contributed by atoms with Gasteiger partial charge in [-0.2, -0.15) is 0 Å². The first-order chi connectivity index (χ1) is 6.76. The van der Waals surface area contributed by atoms with Crippen molar-refractivity contribution in [1.82, 2.24) is 0 Å². The lowest BCUT2D eigenvalue weighted by molar-refractivity contribution is 0.153. The molecule has 1 rings (SSSR count). The maximum atomic E-state index is 9.01. The van der Waals surface area contributed by atoms with E-state index in [1.165, 1.54) is 0 Å². The fraction of sp³-hybridized carbons (Fsp3) is 0.400. The van der Waals surface area contributed by atoms with Crippen molar-refractivity contribution < 1.29 is 9.84 Å². The Morgan fingerprint density at radius 1 is 1.43 bits per heavy atom. The number of nitrogens with two attached hydrogens (primary N) is 1. The highest BCUT2D eigenvalue weighted by Crippen LogP contribution is 2.11. The Labute approximate surface area is 83.7 Å². The van der Waals surface area contributed by atoms with Gasteiger partial charge in [0.2, 0.25) is 0 Å². The maximum absolute atomic E-state index is 9.01. The van der Waals surface area contributed by atoms with Crippen LogP contribution in [-0.4, -0.2) is 31.5 Å². The summed E-state index contributed by atoms with van der Waals surface area (Å²) in [5, 5.41) is 12.1. The summed E-state index contributed by atoms with van der Waals surface area (Å²) in [4.78, 5) is 0. The van der Waals surface area contributed by atoms with E-state index >= 15 is 0 Å². The van der Waals surface area contributed by atoms with Crippen LogP contribution < -0.4 is 11.1 Å². The van der Waals surface area contributed by atoms with Crippen LogP contribution in [0.4, 0.5) is 11.4 Å². The van der Waals surface area contributed by atoms with E-state index in [0.29, 0.717) is 6.61 Å². The van der Waals surface area contributed by atoms with Gasteiger partial charge in [-0.1, -0.05) is 0 Å². The lowest BCUT2D eigenvalue weighted by Crippen LogP contribution is -2.28. The van der Waals surface area contributed by atoms with Crippen LogP contribution in [0, 0.1) is 0 Å². The van der Waals surface area contributed by atoms with Crippen LogP contribution in [0.2, 0.25) is 0 Å². The second kappa shape index (κ2) is 5.47. The van der Waals surface area contributed by atoms with Gasteiger partial charge < -0.3 is 20.9 Å². The molecule has 0 bridgehead atoms. The van der Waals surface area contributed by atoms with Crippen molar-refractivity contribution in [2.45, 2.75) is 6.04 Å². The molecule has 0 heterocycles. The number of ether oxygens (including phenoxy) is 1. The van der Waals surface area contributed by atoms with Crippen LogP contribution in [0.15, 0.2) is 24.3 Å². The zero-order chi connectivity index (χ0) is 10.4. The van der Waals surface area contributed by atoms with Gasteiger partial charge in [0.1, 0.15) is 0 Å². The number of rotatable bonds is 5. The molecule has 0 saturated carbocycles. The topological polar surface area (TPSA) is 67.5 Å². The van der Waals surface area contributed by atoms with Gasteiger partial charge in [0.25, 0.3) is 0 Å². The van der Waals surface area contributed by atoms with Crippen molar-refractivity contribution in [1.29, 1.82) is 0 Å². The Bertz CT molecular complexity index is 261. The molecule has 0 aromatic heterocycles. The average Bonchev–Trinajstić information content (AvgIpc) is 2.20. The molecule has 0 amide bonds. The molecule has 4 heteroatoms. The zero-order valence-electron chi connectivity index (χ0n) is 8.23. The monoisotopic (exact) mass is 196 g/mol. The van der Waals surface area contributed by atoms with Crippen LogP contribution in [0.3, 0.4) is 0 Å². The molecule has 4 nitrogen and oxygen atoms in total. The third kappa shape index (κ3) is 3.24. The predicted molar refractivity (Wildman–Crippen MR) is 57.2 cm³/mol. The van der Waals surface area contributed by atoms with E-state index in [4.69, 9.17) is 15.6 Å². The summed E-state index contributed by atoms with van der Waals surface area (Å²) in [5.74, 6) is 0. The molecule has 0 spiro atoms. The molecule has 0 radical (unpaired) electrons. The van der Waals surface area contributed by atoms with Crippen molar-refractivity contribution in [2.24, 2.45) is 0 Å². The smallest absolute Gasteiger partial charge is 0.0725 e. The second-order valence-corrected chi connectivity index (χ2v) is 3.10. The third-order valence-corrected chi connectivity index (χ3v) is 1.87. The molecular formula is C10H16N2O2. The SMILES string of the molecule is COCC(CO)Nc1ccc(N)cc1. The first-order valence-electron chi connectivity index (χ1n) is 4.48. The molecule has 0 fully saturated rings. The van der Waals surface area contributed by atoms with E-state index in [2.05, 4.69) is 5.32 Å². The number of hydrogen-bond donors (Lipinski definition) is 3. The second-order valence-electron chi connectivity index (χ2n) is 3.10. The minimum Gasteiger partial charge on any atom is -0.399 e. The maximum Gasteiger partial charge on any atom is 0.0725 e. The molecule has 1 unspecified atom stereocenters. The Balaban J connectivity index is 2.53. The Morgan fingerprint density at radius 2 is 2.07 bits per heavy atom. The summed E-state index contributed by atoms with van der Waals surface area (Å²) in [7, 11) is 1.60. The van der Waals surface area contributed by atoms with Crippen molar-refractivity contribution in [3.05, 3.63) is 24.3 Å². The van der Waals surface area contributed by atoms with E-state index in [1.807, 2.05) is 24.3 Å². The Kier molecular flexibility index (Phi) is 4.22. The lowest BCUT2D eigenvalue weighted by atomic mass is 10.2. The molecule has 78 valence electrons. The van der Waals surface area contributed by atoms with Gasteiger partial charge in [-0.25, -0.2) is 0 Å². The third-order valence-electron chi connectivity index (χ3n) is 1.87. The highest BCUT2D eigenvalue weighted by molar-refractivity contribution is 5.51. The van der Waals surface area contributed by atoms with E-state index in [0.717, 1.165) is 11.4 Å². The van der Waals surface area contributed by atoms with Crippen molar-refractivity contribution in [3.8, 4) is 0 Å². The van der Waals surface area contributed by atoms with Gasteiger partial charge >= 0.3 is 0 Å². The fourth-order valence-electron chi connectivity index (χ4n) is 1.16. The molecule has 4 N–H and O–H groups in total. The fourth-order valence-corrected chi connectivity index (χ4v) is 1.16. The zero-order valence-corrected chi connectivity index (χ0v) is 8.23. The molecule has 0 saturated heterocycles. The normalized spacial score (nSPS) is 12.4. The molecule has 0 aliphatic rings. The quantitative estimate of drug-likeness (QED) is 0.606. The molecular weight excluding hydrogens is 180 g/mol. The minimum atomic E-state index is -0.0800. The van der Waals surface area contributed by atoms with Crippen LogP contribution in [0.25, 0.3) is 0 Å². The van der Waals surface area contributed by atoms with Gasteiger partial charge in [-0.15, -0.1) is 0 Å². The summed E-state index contributed by atoms with van der Waals surface area (Å²) in [6, 6.07) is 7.28. The summed E-state index contributed by atoms with van der Waals surface area (Å²) in [5.41, 5.74) is 7.20. The number of benzene rings is 1. The number of aliphatic hydroxyl groups excluding tert-OH is 1.